The lowest BCUT2D eigenvalue weighted by Gasteiger charge is -2.20. The van der Waals surface area contributed by atoms with Crippen molar-refractivity contribution in [3.05, 3.63) is 69.0 Å². The van der Waals surface area contributed by atoms with E-state index in [4.69, 9.17) is 23.2 Å². The highest BCUT2D eigenvalue weighted by Crippen LogP contribution is 2.28. The largest absolute Gasteiger partial charge is 0.306 e. The van der Waals surface area contributed by atoms with Gasteiger partial charge in [-0.1, -0.05) is 30.1 Å². The summed E-state index contributed by atoms with van der Waals surface area (Å²) in [6.45, 7) is 5.48. The van der Waals surface area contributed by atoms with Crippen LogP contribution in [0, 0.1) is 6.92 Å². The van der Waals surface area contributed by atoms with E-state index in [-0.39, 0.29) is 28.1 Å². The highest BCUT2D eigenvalue weighted by molar-refractivity contribution is 6.35. The van der Waals surface area contributed by atoms with Gasteiger partial charge in [-0.2, -0.15) is 9.78 Å². The maximum Gasteiger partial charge on any atom is 0.261 e. The summed E-state index contributed by atoms with van der Waals surface area (Å²) in [5, 5.41) is 7.75. The van der Waals surface area contributed by atoms with E-state index in [9.17, 15) is 14.4 Å². The van der Waals surface area contributed by atoms with E-state index in [1.54, 1.807) is 13.0 Å². The molecule has 0 saturated carbocycles. The standard InChI is InChI=1S/C22H19Cl2N5O3/c1-4-12(3)28-21(31)15-6-5-13(8-16(15)22(28)32)20(30)26-18-7-11(2)27-29(18)19-17(24)9-14(23)10-25-19/h5-10,12H,4H2,1-3H3,(H,26,30). The summed E-state index contributed by atoms with van der Waals surface area (Å²) in [4.78, 5) is 43.8. The molecule has 0 fully saturated rings. The molecule has 10 heteroatoms. The highest BCUT2D eigenvalue weighted by atomic mass is 35.5. The van der Waals surface area contributed by atoms with Crippen molar-refractivity contribution < 1.29 is 14.4 Å². The fourth-order valence-electron chi connectivity index (χ4n) is 3.49. The van der Waals surface area contributed by atoms with Gasteiger partial charge in [0.05, 0.1) is 26.9 Å². The first-order valence-corrected chi connectivity index (χ1v) is 10.7. The first-order chi connectivity index (χ1) is 15.2. The molecule has 1 aromatic carbocycles. The molecule has 8 nitrogen and oxygen atoms in total. The summed E-state index contributed by atoms with van der Waals surface area (Å²) in [7, 11) is 0. The summed E-state index contributed by atoms with van der Waals surface area (Å²) in [5.74, 6) is -0.566. The minimum atomic E-state index is -0.471. The van der Waals surface area contributed by atoms with Gasteiger partial charge in [0.25, 0.3) is 17.7 Å². The average molecular weight is 472 g/mol. The predicted molar refractivity (Wildman–Crippen MR) is 121 cm³/mol. The molecule has 1 aliphatic heterocycles. The van der Waals surface area contributed by atoms with Crippen molar-refractivity contribution in [1.82, 2.24) is 19.7 Å². The van der Waals surface area contributed by atoms with Gasteiger partial charge in [-0.3, -0.25) is 19.3 Å². The zero-order chi connectivity index (χ0) is 23.2. The Kier molecular flexibility index (Phi) is 5.75. The Morgan fingerprint density at radius 3 is 2.53 bits per heavy atom. The number of halogens is 2. The third-order valence-electron chi connectivity index (χ3n) is 5.27. The van der Waals surface area contributed by atoms with Crippen LogP contribution in [-0.4, -0.2) is 43.4 Å². The SMILES string of the molecule is CCC(C)N1C(=O)c2ccc(C(=O)Nc3cc(C)nn3-c3ncc(Cl)cc3Cl)cc2C1=O. The van der Waals surface area contributed by atoms with Gasteiger partial charge >= 0.3 is 0 Å². The summed E-state index contributed by atoms with van der Waals surface area (Å²) in [5.41, 5.74) is 1.38. The van der Waals surface area contributed by atoms with E-state index >= 15 is 0 Å². The molecule has 3 amide bonds. The highest BCUT2D eigenvalue weighted by Gasteiger charge is 2.38. The smallest absolute Gasteiger partial charge is 0.261 e. The number of rotatable bonds is 5. The molecule has 1 aliphatic rings. The van der Waals surface area contributed by atoms with Crippen LogP contribution in [-0.2, 0) is 0 Å². The Morgan fingerprint density at radius 2 is 1.84 bits per heavy atom. The molecule has 0 spiro atoms. The Bertz CT molecular complexity index is 1270. The molecule has 1 N–H and O–H groups in total. The monoisotopic (exact) mass is 471 g/mol. The van der Waals surface area contributed by atoms with Crippen LogP contribution < -0.4 is 5.32 Å². The molecule has 4 rings (SSSR count). The number of carbonyl (C=O) groups is 3. The van der Waals surface area contributed by atoms with Gasteiger partial charge < -0.3 is 5.32 Å². The van der Waals surface area contributed by atoms with Crippen molar-refractivity contribution in [2.24, 2.45) is 0 Å². The van der Waals surface area contributed by atoms with Crippen LogP contribution in [0.4, 0.5) is 5.82 Å². The minimum Gasteiger partial charge on any atom is -0.306 e. The zero-order valence-electron chi connectivity index (χ0n) is 17.5. The van der Waals surface area contributed by atoms with Crippen LogP contribution in [0.1, 0.15) is 57.0 Å². The lowest BCUT2D eigenvalue weighted by atomic mass is 10.1. The quantitative estimate of drug-likeness (QED) is 0.551. The van der Waals surface area contributed by atoms with E-state index in [1.165, 1.54) is 40.0 Å². The van der Waals surface area contributed by atoms with Crippen molar-refractivity contribution in [1.29, 1.82) is 0 Å². The fraction of sp³-hybridized carbons (Fsp3) is 0.227. The lowest BCUT2D eigenvalue weighted by molar-refractivity contribution is 0.0593. The number of amides is 3. The molecule has 0 radical (unpaired) electrons. The van der Waals surface area contributed by atoms with Gasteiger partial charge in [0, 0.05) is 23.9 Å². The van der Waals surface area contributed by atoms with Crippen LogP contribution in [0.2, 0.25) is 10.0 Å². The number of carbonyl (C=O) groups excluding carboxylic acids is 3. The van der Waals surface area contributed by atoms with Crippen LogP contribution in [0.15, 0.2) is 36.5 Å². The van der Waals surface area contributed by atoms with Gasteiger partial charge in [0.2, 0.25) is 0 Å². The van der Waals surface area contributed by atoms with E-state index in [1.807, 2.05) is 13.8 Å². The van der Waals surface area contributed by atoms with Crippen molar-refractivity contribution in [2.45, 2.75) is 33.2 Å². The molecule has 0 aliphatic carbocycles. The molecule has 1 atom stereocenters. The number of anilines is 1. The van der Waals surface area contributed by atoms with E-state index in [0.717, 1.165) is 0 Å². The van der Waals surface area contributed by atoms with E-state index in [0.29, 0.717) is 34.3 Å². The van der Waals surface area contributed by atoms with Crippen LogP contribution >= 0.6 is 23.2 Å². The lowest BCUT2D eigenvalue weighted by Crippen LogP contribution is -2.37. The molecular formula is C22H19Cl2N5O3. The molecule has 3 aromatic rings. The number of hydrogen-bond donors (Lipinski definition) is 1. The number of benzene rings is 1. The Hall–Kier alpha value is -3.23. The number of aromatic nitrogens is 3. The van der Waals surface area contributed by atoms with Gasteiger partial charge in [-0.15, -0.1) is 0 Å². The summed E-state index contributed by atoms with van der Waals surface area (Å²) < 4.78 is 1.40. The molecule has 1 unspecified atom stereocenters. The van der Waals surface area contributed by atoms with Crippen LogP contribution in [0.5, 0.6) is 0 Å². The first-order valence-electron chi connectivity index (χ1n) is 9.92. The number of nitrogens with zero attached hydrogens (tertiary/aromatic N) is 4. The van der Waals surface area contributed by atoms with E-state index < -0.39 is 11.8 Å². The first kappa shape index (κ1) is 22.0. The normalized spacial score (nSPS) is 14.0. The number of imide groups is 1. The summed E-state index contributed by atoms with van der Waals surface area (Å²) in [6.07, 6.45) is 2.07. The third kappa shape index (κ3) is 3.76. The predicted octanol–water partition coefficient (Wildman–Crippen LogP) is 4.53. The number of fused-ring (bicyclic) bond motifs is 1. The van der Waals surface area contributed by atoms with Crippen molar-refractivity contribution in [3.8, 4) is 5.82 Å². The minimum absolute atomic E-state index is 0.218. The van der Waals surface area contributed by atoms with Gasteiger partial charge in [-0.25, -0.2) is 4.98 Å². The Morgan fingerprint density at radius 1 is 1.12 bits per heavy atom. The average Bonchev–Trinajstić information content (AvgIpc) is 3.23. The van der Waals surface area contributed by atoms with E-state index in [2.05, 4.69) is 15.4 Å². The second kappa shape index (κ2) is 8.37. The van der Waals surface area contributed by atoms with Crippen LogP contribution in [0.25, 0.3) is 5.82 Å². The number of hydrogen-bond acceptors (Lipinski definition) is 5. The molecule has 164 valence electrons. The maximum atomic E-state index is 13.0. The topological polar surface area (TPSA) is 97.2 Å². The van der Waals surface area contributed by atoms with Crippen molar-refractivity contribution in [2.75, 3.05) is 5.32 Å². The maximum absolute atomic E-state index is 13.0. The fourth-order valence-corrected chi connectivity index (χ4v) is 3.95. The molecule has 3 heterocycles. The molecule has 32 heavy (non-hydrogen) atoms. The van der Waals surface area contributed by atoms with Gasteiger partial charge in [0.15, 0.2) is 5.82 Å². The number of nitrogens with one attached hydrogen (secondary N) is 1. The van der Waals surface area contributed by atoms with Crippen molar-refractivity contribution >= 4 is 46.7 Å². The van der Waals surface area contributed by atoms with Crippen molar-refractivity contribution in [3.63, 3.8) is 0 Å². The molecule has 0 bridgehead atoms. The molecule has 0 saturated heterocycles. The summed E-state index contributed by atoms with van der Waals surface area (Å²) in [6, 6.07) is 7.42. The molecule has 2 aromatic heterocycles. The Labute approximate surface area is 194 Å². The van der Waals surface area contributed by atoms with Gasteiger partial charge in [-0.05, 0) is 44.5 Å². The molecular weight excluding hydrogens is 453 g/mol. The second-order valence-corrected chi connectivity index (χ2v) is 8.34. The number of pyridine rings is 1. The Balaban J connectivity index is 1.64. The van der Waals surface area contributed by atoms with Crippen LogP contribution in [0.3, 0.4) is 0 Å². The summed E-state index contributed by atoms with van der Waals surface area (Å²) >= 11 is 12.2. The third-order valence-corrected chi connectivity index (χ3v) is 5.76. The zero-order valence-corrected chi connectivity index (χ0v) is 19.0. The second-order valence-electron chi connectivity index (χ2n) is 7.49. The number of aryl methyl sites for hydroxylation is 1. The van der Waals surface area contributed by atoms with Gasteiger partial charge in [0.1, 0.15) is 5.82 Å².